The molecule has 0 spiro atoms. The predicted molar refractivity (Wildman–Crippen MR) is 118 cm³/mol. The van der Waals surface area contributed by atoms with Crippen molar-refractivity contribution in [3.05, 3.63) is 63.9 Å². The Labute approximate surface area is 177 Å². The highest BCUT2D eigenvalue weighted by Gasteiger charge is 2.37. The molecule has 1 saturated carbocycles. The molecule has 0 atom stereocenters. The molecule has 3 rings (SSSR count). The van der Waals surface area contributed by atoms with Gasteiger partial charge >= 0.3 is 0 Å². The molecule has 1 N–H and O–H groups in total. The summed E-state index contributed by atoms with van der Waals surface area (Å²) in [5.41, 5.74) is 4.63. The summed E-state index contributed by atoms with van der Waals surface area (Å²) in [6.07, 6.45) is 2.02. The average molecular weight is 411 g/mol. The molecule has 0 aromatic heterocycles. The normalized spacial score (nSPS) is 17.1. The first-order chi connectivity index (χ1) is 13.6. The van der Waals surface area contributed by atoms with Crippen molar-refractivity contribution < 1.29 is 14.7 Å². The predicted octanol–water partition coefficient (Wildman–Crippen LogP) is 6.63. The maximum atomic E-state index is 12.6. The Morgan fingerprint density at radius 1 is 1.03 bits per heavy atom. The summed E-state index contributed by atoms with van der Waals surface area (Å²) in [6.45, 7) is 7.40. The van der Waals surface area contributed by atoms with Crippen molar-refractivity contribution >= 4 is 28.7 Å². The number of hydrogen-bond donors (Lipinski definition) is 1. The zero-order chi connectivity index (χ0) is 21.3. The summed E-state index contributed by atoms with van der Waals surface area (Å²) in [6, 6.07) is 11.7. The molecule has 2 aromatic carbocycles. The van der Waals surface area contributed by atoms with Gasteiger partial charge in [-0.25, -0.2) is 0 Å². The lowest BCUT2D eigenvalue weighted by molar-refractivity contribution is -0.122. The van der Waals surface area contributed by atoms with Gasteiger partial charge in [0.25, 0.3) is 0 Å². The van der Waals surface area contributed by atoms with E-state index >= 15 is 0 Å². The summed E-state index contributed by atoms with van der Waals surface area (Å²) >= 11 is 6.01. The third kappa shape index (κ3) is 4.30. The zero-order valence-corrected chi connectivity index (χ0v) is 18.2. The molecule has 29 heavy (non-hydrogen) atoms. The minimum Gasteiger partial charge on any atom is -0.511 e. The second-order valence-electron chi connectivity index (χ2n) is 8.37. The number of carbonyl (C=O) groups is 2. The van der Waals surface area contributed by atoms with Gasteiger partial charge in [-0.2, -0.15) is 0 Å². The molecule has 0 saturated heterocycles. The van der Waals surface area contributed by atoms with Gasteiger partial charge in [0.15, 0.2) is 5.78 Å². The van der Waals surface area contributed by atoms with E-state index < -0.39 is 5.41 Å². The number of aliphatic hydroxyl groups is 1. The highest BCUT2D eigenvalue weighted by Crippen LogP contribution is 2.43. The van der Waals surface area contributed by atoms with Crippen LogP contribution in [0.3, 0.4) is 0 Å². The van der Waals surface area contributed by atoms with Crippen LogP contribution in [0.2, 0.25) is 5.02 Å². The van der Waals surface area contributed by atoms with Gasteiger partial charge in [0.2, 0.25) is 0 Å². The molecule has 3 nitrogen and oxygen atoms in total. The summed E-state index contributed by atoms with van der Waals surface area (Å²) in [5.74, 6) is 0.167. The molecule has 0 bridgehead atoms. The van der Waals surface area contributed by atoms with Crippen LogP contribution in [0.15, 0.2) is 42.2 Å². The molecule has 1 aliphatic rings. The summed E-state index contributed by atoms with van der Waals surface area (Å²) < 4.78 is 0. The third-order valence-corrected chi connectivity index (χ3v) is 6.32. The highest BCUT2D eigenvalue weighted by molar-refractivity contribution is 6.30. The Morgan fingerprint density at radius 3 is 2.17 bits per heavy atom. The van der Waals surface area contributed by atoms with E-state index in [1.807, 2.05) is 51.1 Å². The molecule has 4 heteroatoms. The van der Waals surface area contributed by atoms with Crippen LogP contribution < -0.4 is 0 Å². The first kappa shape index (κ1) is 21.3. The molecule has 0 radical (unpaired) electrons. The molecule has 0 heterocycles. The molecule has 1 fully saturated rings. The van der Waals surface area contributed by atoms with Crippen LogP contribution in [0.4, 0.5) is 0 Å². The second-order valence-corrected chi connectivity index (χ2v) is 8.80. The van der Waals surface area contributed by atoms with Gasteiger partial charge in [-0.3, -0.25) is 9.59 Å². The van der Waals surface area contributed by atoms with Gasteiger partial charge < -0.3 is 5.11 Å². The Bertz CT molecular complexity index is 989. The minimum atomic E-state index is -0.551. The smallest absolute Gasteiger partial charge is 0.163 e. The number of halogens is 1. The molecule has 0 amide bonds. The number of allylic oxidation sites excluding steroid dienone is 2. The van der Waals surface area contributed by atoms with Gasteiger partial charge in [-0.1, -0.05) is 42.8 Å². The van der Waals surface area contributed by atoms with E-state index in [2.05, 4.69) is 6.07 Å². The molecule has 152 valence electrons. The van der Waals surface area contributed by atoms with Crippen molar-refractivity contribution in [3.63, 3.8) is 0 Å². The fraction of sp³-hybridized carbons (Fsp3) is 0.360. The number of hydrogen-bond acceptors (Lipinski definition) is 3. The van der Waals surface area contributed by atoms with Crippen LogP contribution in [0.25, 0.3) is 16.7 Å². The Kier molecular flexibility index (Phi) is 6.00. The summed E-state index contributed by atoms with van der Waals surface area (Å²) in [7, 11) is 0. The van der Waals surface area contributed by atoms with Crippen LogP contribution in [-0.4, -0.2) is 16.7 Å². The van der Waals surface area contributed by atoms with Crippen molar-refractivity contribution in [1.29, 1.82) is 0 Å². The first-order valence-electron chi connectivity index (χ1n) is 9.96. The summed E-state index contributed by atoms with van der Waals surface area (Å²) in [4.78, 5) is 24.3. The molecule has 0 unspecified atom stereocenters. The van der Waals surface area contributed by atoms with Crippen molar-refractivity contribution in [1.82, 2.24) is 0 Å². The summed E-state index contributed by atoms with van der Waals surface area (Å²) in [5, 5.41) is 11.9. The van der Waals surface area contributed by atoms with Crippen LogP contribution in [0.5, 0.6) is 0 Å². The number of carbonyl (C=O) groups excluding carboxylic acids is 2. The second kappa shape index (κ2) is 8.16. The number of aryl methyl sites for hydroxylation is 2. The van der Waals surface area contributed by atoms with Crippen molar-refractivity contribution in [2.24, 2.45) is 5.41 Å². The van der Waals surface area contributed by atoms with Crippen LogP contribution in [0, 0.1) is 19.3 Å². The van der Waals surface area contributed by atoms with Gasteiger partial charge in [0, 0.05) is 23.3 Å². The van der Waals surface area contributed by atoms with E-state index in [0.717, 1.165) is 27.8 Å². The van der Waals surface area contributed by atoms with Crippen molar-refractivity contribution in [2.45, 2.75) is 53.4 Å². The van der Waals surface area contributed by atoms with Crippen LogP contribution in [0.1, 0.15) is 56.2 Å². The molecule has 2 aromatic rings. The van der Waals surface area contributed by atoms with Crippen LogP contribution >= 0.6 is 11.6 Å². The largest absolute Gasteiger partial charge is 0.511 e. The maximum Gasteiger partial charge on any atom is 0.163 e. The number of benzene rings is 2. The zero-order valence-electron chi connectivity index (χ0n) is 17.4. The fourth-order valence-corrected chi connectivity index (χ4v) is 4.26. The standard InChI is InChI=1S/C25H27ClO3/c1-15-14-22(16(2)13-21(15)18-5-7-19(26)8-6-18)23(17(3)27)24(29)25(4)11-9-20(28)10-12-25/h5-8,13-14,29H,9-12H2,1-4H3/b24-23-. The van der Waals surface area contributed by atoms with Gasteiger partial charge in [-0.05, 0) is 73.6 Å². The van der Waals surface area contributed by atoms with E-state index in [-0.39, 0.29) is 17.3 Å². The Hall–Kier alpha value is -2.39. The first-order valence-corrected chi connectivity index (χ1v) is 10.3. The SMILES string of the molecule is CC(=O)/C(=C(/O)C1(C)CCC(=O)CC1)c1cc(C)c(-c2ccc(Cl)cc2)cc1C. The average Bonchev–Trinajstić information content (AvgIpc) is 2.67. The Morgan fingerprint density at radius 2 is 1.62 bits per heavy atom. The number of ketones is 2. The van der Waals surface area contributed by atoms with E-state index in [9.17, 15) is 14.7 Å². The number of rotatable bonds is 4. The van der Waals surface area contributed by atoms with E-state index in [1.165, 1.54) is 6.92 Å². The van der Waals surface area contributed by atoms with Gasteiger partial charge in [0.1, 0.15) is 11.5 Å². The molecule has 1 aliphatic carbocycles. The lowest BCUT2D eigenvalue weighted by Crippen LogP contribution is -2.28. The third-order valence-electron chi connectivity index (χ3n) is 6.07. The van der Waals surface area contributed by atoms with Crippen molar-refractivity contribution in [3.8, 4) is 11.1 Å². The minimum absolute atomic E-state index is 0.110. The Balaban J connectivity index is 2.11. The molecule has 0 aliphatic heterocycles. The molecular weight excluding hydrogens is 384 g/mol. The quantitative estimate of drug-likeness (QED) is 0.454. The lowest BCUT2D eigenvalue weighted by Gasteiger charge is -2.33. The number of Topliss-reactive ketones (excluding diaryl/α,β-unsaturated/α-hetero) is 2. The van der Waals surface area contributed by atoms with Crippen molar-refractivity contribution in [2.75, 3.05) is 0 Å². The highest BCUT2D eigenvalue weighted by atomic mass is 35.5. The van der Waals surface area contributed by atoms with E-state index in [0.29, 0.717) is 36.3 Å². The van der Waals surface area contributed by atoms with E-state index in [4.69, 9.17) is 11.6 Å². The van der Waals surface area contributed by atoms with E-state index in [1.54, 1.807) is 0 Å². The van der Waals surface area contributed by atoms with Crippen LogP contribution in [-0.2, 0) is 9.59 Å². The number of aliphatic hydroxyl groups excluding tert-OH is 1. The van der Waals surface area contributed by atoms with Gasteiger partial charge in [0.05, 0.1) is 5.57 Å². The topological polar surface area (TPSA) is 54.4 Å². The fourth-order valence-electron chi connectivity index (χ4n) is 4.13. The van der Waals surface area contributed by atoms with Gasteiger partial charge in [-0.15, -0.1) is 0 Å². The lowest BCUT2D eigenvalue weighted by atomic mass is 9.71. The maximum absolute atomic E-state index is 12.6. The molecular formula is C25H27ClO3. The monoisotopic (exact) mass is 410 g/mol.